The number of aromatic nitrogens is 1. The molecule has 0 fully saturated rings. The molecule has 5 heteroatoms. The molecule has 70 valence electrons. The molecule has 0 saturated carbocycles. The van der Waals surface area contributed by atoms with E-state index in [2.05, 4.69) is 4.98 Å². The quantitative estimate of drug-likeness (QED) is 0.670. The molecular formula is C8H10IN3O. The summed E-state index contributed by atoms with van der Waals surface area (Å²) in [6.07, 6.45) is 3.67. The van der Waals surface area contributed by atoms with E-state index in [1.165, 1.54) is 3.11 Å². The fourth-order valence-corrected chi connectivity index (χ4v) is 1.36. The molecule has 1 heterocycles. The molecule has 0 bridgehead atoms. The Labute approximate surface area is 90.6 Å². The number of nitrogens with two attached hydrogens (primary N) is 1. The van der Waals surface area contributed by atoms with Crippen molar-refractivity contribution in [1.82, 2.24) is 4.98 Å². The van der Waals surface area contributed by atoms with Crippen LogP contribution in [0.25, 0.3) is 0 Å². The van der Waals surface area contributed by atoms with Crippen molar-refractivity contribution in [3.8, 4) is 0 Å². The van der Waals surface area contributed by atoms with Gasteiger partial charge >= 0.3 is 0 Å². The molecule has 0 aliphatic rings. The predicted octanol–water partition coefficient (Wildman–Crippen LogP) is 1.11. The number of rotatable bonds is 3. The molecule has 0 atom stereocenters. The lowest BCUT2D eigenvalue weighted by molar-refractivity contribution is -0.116. The van der Waals surface area contributed by atoms with Crippen LogP contribution in [0.5, 0.6) is 0 Å². The number of hydrogen-bond acceptors (Lipinski definition) is 3. The van der Waals surface area contributed by atoms with Gasteiger partial charge in [0.05, 0.1) is 34.7 Å². The first kappa shape index (κ1) is 10.4. The van der Waals surface area contributed by atoms with Crippen LogP contribution in [0, 0.1) is 0 Å². The van der Waals surface area contributed by atoms with Gasteiger partial charge in [-0.05, 0) is 12.1 Å². The fraction of sp³-hybridized carbons (Fsp3) is 0.250. The number of halogens is 1. The van der Waals surface area contributed by atoms with E-state index in [-0.39, 0.29) is 5.91 Å². The van der Waals surface area contributed by atoms with Crippen LogP contribution in [0.3, 0.4) is 0 Å². The van der Waals surface area contributed by atoms with Crippen LogP contribution >= 0.6 is 22.9 Å². The molecule has 0 saturated heterocycles. The van der Waals surface area contributed by atoms with Gasteiger partial charge < -0.3 is 5.73 Å². The van der Waals surface area contributed by atoms with E-state index in [1.54, 1.807) is 18.5 Å². The van der Waals surface area contributed by atoms with Crippen LogP contribution in [0.1, 0.15) is 6.42 Å². The van der Waals surface area contributed by atoms with Gasteiger partial charge in [-0.1, -0.05) is 0 Å². The molecule has 1 amide bonds. The molecule has 1 aromatic heterocycles. The van der Waals surface area contributed by atoms with Crippen molar-refractivity contribution in [2.75, 3.05) is 9.66 Å². The van der Waals surface area contributed by atoms with E-state index in [1.807, 2.05) is 28.9 Å². The summed E-state index contributed by atoms with van der Waals surface area (Å²) in [5.41, 5.74) is 6.06. The topological polar surface area (TPSA) is 59.2 Å². The van der Waals surface area contributed by atoms with E-state index in [9.17, 15) is 4.79 Å². The SMILES string of the molecule is NCCC(=O)N(I)c1cccnc1. The zero-order valence-electron chi connectivity index (χ0n) is 6.98. The van der Waals surface area contributed by atoms with Crippen LogP contribution < -0.4 is 8.85 Å². The van der Waals surface area contributed by atoms with Crippen molar-refractivity contribution < 1.29 is 4.79 Å². The Morgan fingerprint density at radius 3 is 3.00 bits per heavy atom. The van der Waals surface area contributed by atoms with E-state index < -0.39 is 0 Å². The van der Waals surface area contributed by atoms with Crippen LogP contribution in [-0.2, 0) is 4.79 Å². The zero-order chi connectivity index (χ0) is 9.68. The number of carbonyl (C=O) groups excluding carboxylic acids is 1. The molecule has 0 radical (unpaired) electrons. The summed E-state index contributed by atoms with van der Waals surface area (Å²) < 4.78 is 1.53. The normalized spacial score (nSPS) is 9.69. The zero-order valence-corrected chi connectivity index (χ0v) is 9.14. The lowest BCUT2D eigenvalue weighted by Gasteiger charge is -2.12. The first-order valence-electron chi connectivity index (χ1n) is 3.84. The van der Waals surface area contributed by atoms with Gasteiger partial charge in [0.15, 0.2) is 0 Å². The Morgan fingerprint density at radius 1 is 1.69 bits per heavy atom. The maximum atomic E-state index is 11.4. The van der Waals surface area contributed by atoms with Gasteiger partial charge in [0.1, 0.15) is 0 Å². The van der Waals surface area contributed by atoms with Crippen molar-refractivity contribution >= 4 is 34.5 Å². The first-order chi connectivity index (χ1) is 6.25. The van der Waals surface area contributed by atoms with Gasteiger partial charge in [0.25, 0.3) is 0 Å². The van der Waals surface area contributed by atoms with Crippen LogP contribution in [0.2, 0.25) is 0 Å². The minimum atomic E-state index is -0.00361. The number of carbonyl (C=O) groups is 1. The van der Waals surface area contributed by atoms with Gasteiger partial charge in [-0.25, -0.2) is 0 Å². The summed E-state index contributed by atoms with van der Waals surface area (Å²) in [6, 6.07) is 3.62. The Balaban J connectivity index is 2.68. The standard InChI is InChI=1S/C8H10IN3O/c9-12(8(13)3-4-10)7-2-1-5-11-6-7/h1-2,5-6H,3-4,10H2. The molecule has 0 aromatic carbocycles. The van der Waals surface area contributed by atoms with Crippen molar-refractivity contribution in [2.45, 2.75) is 6.42 Å². The number of amides is 1. The van der Waals surface area contributed by atoms with Crippen LogP contribution in [0.15, 0.2) is 24.5 Å². The second kappa shape index (κ2) is 5.13. The maximum Gasteiger partial charge on any atom is 0.237 e. The monoisotopic (exact) mass is 291 g/mol. The van der Waals surface area contributed by atoms with E-state index in [0.717, 1.165) is 5.69 Å². The number of nitrogens with zero attached hydrogens (tertiary/aromatic N) is 2. The Kier molecular flexibility index (Phi) is 4.10. The molecule has 13 heavy (non-hydrogen) atoms. The summed E-state index contributed by atoms with van der Waals surface area (Å²) in [6.45, 7) is 0.374. The smallest absolute Gasteiger partial charge is 0.237 e. The third-order valence-corrected chi connectivity index (χ3v) is 2.54. The molecule has 0 aliphatic heterocycles. The van der Waals surface area contributed by atoms with Crippen molar-refractivity contribution in [3.05, 3.63) is 24.5 Å². The third kappa shape index (κ3) is 2.92. The summed E-state index contributed by atoms with van der Waals surface area (Å²) >= 11 is 1.95. The molecule has 0 spiro atoms. The van der Waals surface area contributed by atoms with Crippen molar-refractivity contribution in [2.24, 2.45) is 5.73 Å². The lowest BCUT2D eigenvalue weighted by atomic mass is 10.3. The van der Waals surface area contributed by atoms with Gasteiger partial charge in [0, 0.05) is 19.2 Å². The van der Waals surface area contributed by atoms with E-state index in [0.29, 0.717) is 13.0 Å². The Hall–Kier alpha value is -0.690. The molecule has 2 N–H and O–H groups in total. The second-order valence-electron chi connectivity index (χ2n) is 2.42. The number of hydrogen-bond donors (Lipinski definition) is 1. The number of anilines is 1. The van der Waals surface area contributed by atoms with E-state index in [4.69, 9.17) is 5.73 Å². The highest BCUT2D eigenvalue weighted by Crippen LogP contribution is 2.16. The van der Waals surface area contributed by atoms with Crippen LogP contribution in [-0.4, -0.2) is 17.4 Å². The molecular weight excluding hydrogens is 281 g/mol. The third-order valence-electron chi connectivity index (χ3n) is 1.45. The summed E-state index contributed by atoms with van der Waals surface area (Å²) in [5, 5.41) is 0. The fourth-order valence-electron chi connectivity index (χ4n) is 0.836. The highest BCUT2D eigenvalue weighted by Gasteiger charge is 2.10. The van der Waals surface area contributed by atoms with Crippen LogP contribution in [0.4, 0.5) is 5.69 Å². The molecule has 0 unspecified atom stereocenters. The Morgan fingerprint density at radius 2 is 2.46 bits per heavy atom. The Bertz CT molecular complexity index is 278. The minimum Gasteiger partial charge on any atom is -0.330 e. The molecule has 1 aromatic rings. The number of pyridine rings is 1. The van der Waals surface area contributed by atoms with Gasteiger partial charge in [-0.2, -0.15) is 0 Å². The predicted molar refractivity (Wildman–Crippen MR) is 59.4 cm³/mol. The summed E-state index contributed by atoms with van der Waals surface area (Å²) in [5.74, 6) is -0.00361. The lowest BCUT2D eigenvalue weighted by Crippen LogP contribution is -2.22. The first-order valence-corrected chi connectivity index (χ1v) is 4.81. The average molecular weight is 291 g/mol. The second-order valence-corrected chi connectivity index (χ2v) is 3.39. The van der Waals surface area contributed by atoms with Gasteiger partial charge in [-0.3, -0.25) is 12.9 Å². The van der Waals surface area contributed by atoms with E-state index >= 15 is 0 Å². The van der Waals surface area contributed by atoms with Gasteiger partial charge in [0.2, 0.25) is 5.91 Å². The molecule has 4 nitrogen and oxygen atoms in total. The highest BCUT2D eigenvalue weighted by atomic mass is 127. The molecule has 0 aliphatic carbocycles. The largest absolute Gasteiger partial charge is 0.330 e. The van der Waals surface area contributed by atoms with Gasteiger partial charge in [-0.15, -0.1) is 0 Å². The highest BCUT2D eigenvalue weighted by molar-refractivity contribution is 14.1. The average Bonchev–Trinajstić information content (AvgIpc) is 2.18. The molecule has 1 rings (SSSR count). The maximum absolute atomic E-state index is 11.4. The van der Waals surface area contributed by atoms with Crippen molar-refractivity contribution in [1.29, 1.82) is 0 Å². The summed E-state index contributed by atoms with van der Waals surface area (Å²) in [4.78, 5) is 15.3. The minimum absolute atomic E-state index is 0.00361. The summed E-state index contributed by atoms with van der Waals surface area (Å²) in [7, 11) is 0. The van der Waals surface area contributed by atoms with Crippen molar-refractivity contribution in [3.63, 3.8) is 0 Å².